The van der Waals surface area contributed by atoms with E-state index in [9.17, 15) is 14.7 Å². The summed E-state index contributed by atoms with van der Waals surface area (Å²) in [6, 6.07) is 16.3. The van der Waals surface area contributed by atoms with E-state index in [1.54, 1.807) is 37.5 Å². The molecule has 0 aliphatic rings. The first-order chi connectivity index (χ1) is 13.5. The zero-order chi connectivity index (χ0) is 19.8. The van der Waals surface area contributed by atoms with E-state index >= 15 is 0 Å². The van der Waals surface area contributed by atoms with Crippen molar-refractivity contribution in [1.29, 1.82) is 0 Å². The summed E-state index contributed by atoms with van der Waals surface area (Å²) in [5, 5.41) is 17.4. The van der Waals surface area contributed by atoms with Gasteiger partial charge in [0.25, 0.3) is 5.91 Å². The topological polar surface area (TPSA) is 89.2 Å². The first-order valence-electron chi connectivity index (χ1n) is 8.70. The average Bonchev–Trinajstić information content (AvgIpc) is 3.25. The van der Waals surface area contributed by atoms with Crippen LogP contribution in [-0.4, -0.2) is 31.5 Å². The monoisotopic (exact) mass is 374 g/mol. The number of anilines is 1. The van der Waals surface area contributed by atoms with E-state index in [1.807, 2.05) is 37.3 Å². The van der Waals surface area contributed by atoms with Gasteiger partial charge in [-0.25, -0.2) is 9.36 Å². The molecule has 0 saturated heterocycles. The molecule has 0 aliphatic heterocycles. The molecule has 1 amide bonds. The molecular weight excluding hydrogens is 356 g/mol. The quantitative estimate of drug-likeness (QED) is 0.564. The molecule has 2 aromatic carbocycles. The first-order valence-corrected chi connectivity index (χ1v) is 8.70. The molecule has 2 N–H and O–H groups in total. The minimum atomic E-state index is -1.08. The van der Waals surface area contributed by atoms with Crippen LogP contribution >= 0.6 is 0 Å². The average molecular weight is 374 g/mol. The minimum Gasteiger partial charge on any atom is -0.464 e. The van der Waals surface area contributed by atoms with Gasteiger partial charge in [0, 0.05) is 29.9 Å². The van der Waals surface area contributed by atoms with Crippen LogP contribution in [0.15, 0.2) is 60.8 Å². The Labute approximate surface area is 160 Å². The molecule has 4 rings (SSSR count). The Kier molecular flexibility index (Phi) is 4.19. The third-order valence-electron chi connectivity index (χ3n) is 4.73. The van der Waals surface area contributed by atoms with Crippen LogP contribution in [0.25, 0.3) is 22.2 Å². The molecule has 0 saturated carbocycles. The van der Waals surface area contributed by atoms with E-state index in [0.29, 0.717) is 22.6 Å². The van der Waals surface area contributed by atoms with Crippen molar-refractivity contribution in [3.63, 3.8) is 0 Å². The van der Waals surface area contributed by atoms with Gasteiger partial charge in [0.05, 0.1) is 11.2 Å². The molecular formula is C21H18N4O3. The summed E-state index contributed by atoms with van der Waals surface area (Å²) < 4.78 is 2.72. The number of carbonyl (C=O) groups excluding carboxylic acids is 1. The number of nitrogens with zero attached hydrogens (tertiary/aromatic N) is 3. The lowest BCUT2D eigenvalue weighted by Gasteiger charge is -2.09. The van der Waals surface area contributed by atoms with Gasteiger partial charge < -0.3 is 10.4 Å². The number of carboxylic acid groups (broad SMARTS) is 1. The summed E-state index contributed by atoms with van der Waals surface area (Å²) in [7, 11) is 1.68. The Bertz CT molecular complexity index is 1220. The summed E-state index contributed by atoms with van der Waals surface area (Å²) >= 11 is 0. The van der Waals surface area contributed by atoms with E-state index in [-0.39, 0.29) is 5.91 Å². The number of hydrogen-bond donors (Lipinski definition) is 2. The second-order valence-electron chi connectivity index (χ2n) is 6.53. The number of nitrogens with one attached hydrogen (secondary N) is 1. The highest BCUT2D eigenvalue weighted by atomic mass is 16.4. The maximum atomic E-state index is 12.4. The second-order valence-corrected chi connectivity index (χ2v) is 6.53. The molecule has 0 radical (unpaired) electrons. The minimum absolute atomic E-state index is 0.313. The normalized spacial score (nSPS) is 10.9. The largest absolute Gasteiger partial charge is 0.464 e. The highest BCUT2D eigenvalue weighted by molar-refractivity contribution is 6.05. The van der Waals surface area contributed by atoms with Gasteiger partial charge in [0.2, 0.25) is 0 Å². The summed E-state index contributed by atoms with van der Waals surface area (Å²) in [5.41, 5.74) is 3.85. The first kappa shape index (κ1) is 17.5. The van der Waals surface area contributed by atoms with Crippen LogP contribution in [0.5, 0.6) is 0 Å². The molecule has 2 aromatic heterocycles. The molecule has 28 heavy (non-hydrogen) atoms. The lowest BCUT2D eigenvalue weighted by molar-refractivity contribution is 0.101. The van der Waals surface area contributed by atoms with Crippen LogP contribution in [0.3, 0.4) is 0 Å². The van der Waals surface area contributed by atoms with E-state index in [0.717, 1.165) is 16.5 Å². The van der Waals surface area contributed by atoms with Crippen LogP contribution in [0, 0.1) is 6.92 Å². The highest BCUT2D eigenvalue weighted by Crippen LogP contribution is 2.31. The van der Waals surface area contributed by atoms with Gasteiger partial charge in [-0.2, -0.15) is 5.10 Å². The zero-order valence-corrected chi connectivity index (χ0v) is 15.4. The van der Waals surface area contributed by atoms with Gasteiger partial charge in [-0.3, -0.25) is 9.48 Å². The maximum Gasteiger partial charge on any atom is 0.416 e. The molecule has 0 fully saturated rings. The molecule has 0 unspecified atom stereocenters. The van der Waals surface area contributed by atoms with Crippen molar-refractivity contribution in [3.8, 4) is 11.3 Å². The summed E-state index contributed by atoms with van der Waals surface area (Å²) in [6.07, 6.45) is 0.464. The lowest BCUT2D eigenvalue weighted by Crippen LogP contribution is -2.16. The van der Waals surface area contributed by atoms with E-state index in [2.05, 4.69) is 10.4 Å². The van der Waals surface area contributed by atoms with Crippen molar-refractivity contribution >= 4 is 28.6 Å². The second kappa shape index (κ2) is 6.70. The van der Waals surface area contributed by atoms with Gasteiger partial charge in [-0.05, 0) is 36.8 Å². The van der Waals surface area contributed by atoms with Crippen molar-refractivity contribution in [2.24, 2.45) is 7.05 Å². The molecule has 140 valence electrons. The van der Waals surface area contributed by atoms with Crippen molar-refractivity contribution in [3.05, 3.63) is 72.1 Å². The van der Waals surface area contributed by atoms with E-state index in [1.165, 1.54) is 9.25 Å². The lowest BCUT2D eigenvalue weighted by atomic mass is 10.1. The molecule has 2 heterocycles. The molecule has 0 spiro atoms. The number of benzene rings is 2. The number of fused-ring (bicyclic) bond motifs is 1. The fourth-order valence-corrected chi connectivity index (χ4v) is 3.34. The van der Waals surface area contributed by atoms with Crippen molar-refractivity contribution in [2.45, 2.75) is 6.92 Å². The van der Waals surface area contributed by atoms with Crippen molar-refractivity contribution in [2.75, 3.05) is 5.32 Å². The number of carbonyl (C=O) groups is 2. The van der Waals surface area contributed by atoms with E-state index in [4.69, 9.17) is 0 Å². The Hall–Kier alpha value is -3.87. The summed E-state index contributed by atoms with van der Waals surface area (Å²) in [4.78, 5) is 24.4. The van der Waals surface area contributed by atoms with Crippen LogP contribution in [0.4, 0.5) is 10.5 Å². The van der Waals surface area contributed by atoms with Crippen molar-refractivity contribution < 1.29 is 14.7 Å². The zero-order valence-electron chi connectivity index (χ0n) is 15.4. The van der Waals surface area contributed by atoms with Crippen LogP contribution < -0.4 is 5.32 Å². The smallest absolute Gasteiger partial charge is 0.416 e. The molecule has 0 atom stereocenters. The van der Waals surface area contributed by atoms with Crippen molar-refractivity contribution in [1.82, 2.24) is 14.3 Å². The SMILES string of the molecule is Cc1ccccc1-c1cc2ccc(NC(=O)c3ccnn3C)cc2n1C(=O)O. The third kappa shape index (κ3) is 2.92. The summed E-state index contributed by atoms with van der Waals surface area (Å²) in [5.74, 6) is -0.313. The van der Waals surface area contributed by atoms with E-state index < -0.39 is 6.09 Å². The predicted molar refractivity (Wildman–Crippen MR) is 107 cm³/mol. The number of amides is 1. The maximum absolute atomic E-state index is 12.4. The molecule has 7 nitrogen and oxygen atoms in total. The Balaban J connectivity index is 1.80. The Morgan fingerprint density at radius 2 is 1.86 bits per heavy atom. The van der Waals surface area contributed by atoms with Gasteiger partial charge >= 0.3 is 6.09 Å². The van der Waals surface area contributed by atoms with Crippen LogP contribution in [0.2, 0.25) is 0 Å². The highest BCUT2D eigenvalue weighted by Gasteiger charge is 2.18. The molecule has 0 bridgehead atoms. The van der Waals surface area contributed by atoms with Gasteiger partial charge in [-0.1, -0.05) is 30.3 Å². The fraction of sp³-hybridized carbons (Fsp3) is 0.0952. The molecule has 4 aromatic rings. The van der Waals surface area contributed by atoms with Gasteiger partial charge in [-0.15, -0.1) is 0 Å². The third-order valence-corrected chi connectivity index (χ3v) is 4.73. The summed E-state index contributed by atoms with van der Waals surface area (Å²) in [6.45, 7) is 1.94. The van der Waals surface area contributed by atoms with Crippen LogP contribution in [0.1, 0.15) is 16.1 Å². The number of aryl methyl sites for hydroxylation is 2. The fourth-order valence-electron chi connectivity index (χ4n) is 3.34. The molecule has 0 aliphatic carbocycles. The van der Waals surface area contributed by atoms with Crippen LogP contribution in [-0.2, 0) is 7.05 Å². The Morgan fingerprint density at radius 1 is 1.07 bits per heavy atom. The van der Waals surface area contributed by atoms with Gasteiger partial charge in [0.1, 0.15) is 5.69 Å². The number of hydrogen-bond acceptors (Lipinski definition) is 3. The molecule has 7 heteroatoms. The standard InChI is InChI=1S/C21H18N4O3/c1-13-5-3-4-6-16(13)19-11-14-7-8-15(12-18(14)25(19)21(27)28)23-20(26)17-9-10-22-24(17)2/h3-12H,1-2H3,(H,23,26)(H,27,28). The number of aromatic nitrogens is 3. The predicted octanol–water partition coefficient (Wildman–Crippen LogP) is 4.13. The number of rotatable bonds is 3. The van der Waals surface area contributed by atoms with Gasteiger partial charge in [0.15, 0.2) is 0 Å². The Morgan fingerprint density at radius 3 is 2.54 bits per heavy atom.